The largest absolute Gasteiger partial charge is 0.390 e. The molecular formula is C11H16ClFN2O. The highest BCUT2D eigenvalue weighted by Crippen LogP contribution is 2.18. The van der Waals surface area contributed by atoms with Crippen LogP contribution in [0.5, 0.6) is 0 Å². The first-order chi connectivity index (χ1) is 7.49. The number of hydrogen-bond acceptors (Lipinski definition) is 3. The minimum absolute atomic E-state index is 0.302. The van der Waals surface area contributed by atoms with E-state index >= 15 is 0 Å². The molecule has 0 bridgehead atoms. The van der Waals surface area contributed by atoms with Gasteiger partial charge >= 0.3 is 0 Å². The molecule has 2 N–H and O–H groups in total. The van der Waals surface area contributed by atoms with Crippen LogP contribution in [-0.2, 0) is 0 Å². The number of nitrogens with one attached hydrogen (secondary N) is 1. The number of halogens is 2. The average molecular weight is 247 g/mol. The number of rotatable bonds is 5. The summed E-state index contributed by atoms with van der Waals surface area (Å²) in [5, 5.41) is 12.8. The Labute approximate surface area is 99.8 Å². The van der Waals surface area contributed by atoms with Crippen molar-refractivity contribution < 1.29 is 9.50 Å². The summed E-state index contributed by atoms with van der Waals surface area (Å²) in [5.74, 6) is -0.412. The molecule has 0 radical (unpaired) electrons. The molecule has 90 valence electrons. The van der Waals surface area contributed by atoms with Crippen LogP contribution in [0, 0.1) is 5.82 Å². The van der Waals surface area contributed by atoms with Gasteiger partial charge in [0.05, 0.1) is 11.8 Å². The van der Waals surface area contributed by atoms with E-state index in [1.165, 1.54) is 6.07 Å². The number of likely N-dealkylation sites (N-methyl/N-ethyl adjacent to an activating group) is 1. The molecule has 1 aromatic carbocycles. The van der Waals surface area contributed by atoms with Gasteiger partial charge in [0.25, 0.3) is 0 Å². The number of benzene rings is 1. The quantitative estimate of drug-likeness (QED) is 0.832. The fourth-order valence-corrected chi connectivity index (χ4v) is 1.51. The summed E-state index contributed by atoms with van der Waals surface area (Å²) in [4.78, 5) is 1.87. The standard InChI is InChI=1S/C11H16ClFN2O/c1-15(2)7-9(16)6-14-11-4-3-8(12)5-10(11)13/h3-5,9,14,16H,6-7H2,1-2H3. The molecule has 0 aromatic heterocycles. The second-order valence-corrected chi connectivity index (χ2v) is 4.36. The molecule has 5 heteroatoms. The van der Waals surface area contributed by atoms with Crippen LogP contribution in [0.3, 0.4) is 0 Å². The van der Waals surface area contributed by atoms with Crippen LogP contribution in [0.15, 0.2) is 18.2 Å². The van der Waals surface area contributed by atoms with Crippen molar-refractivity contribution in [2.45, 2.75) is 6.10 Å². The van der Waals surface area contributed by atoms with E-state index in [1.807, 2.05) is 19.0 Å². The van der Waals surface area contributed by atoms with Gasteiger partial charge in [-0.15, -0.1) is 0 Å². The van der Waals surface area contributed by atoms with Crippen molar-refractivity contribution in [2.75, 3.05) is 32.5 Å². The van der Waals surface area contributed by atoms with E-state index in [0.717, 1.165) is 0 Å². The van der Waals surface area contributed by atoms with E-state index in [1.54, 1.807) is 12.1 Å². The fraction of sp³-hybridized carbons (Fsp3) is 0.455. The Morgan fingerprint density at radius 1 is 1.50 bits per heavy atom. The van der Waals surface area contributed by atoms with Crippen LogP contribution >= 0.6 is 11.6 Å². The summed E-state index contributed by atoms with van der Waals surface area (Å²) in [6, 6.07) is 4.40. The molecule has 3 nitrogen and oxygen atoms in total. The van der Waals surface area contributed by atoms with Gasteiger partial charge in [-0.25, -0.2) is 4.39 Å². The maximum absolute atomic E-state index is 13.3. The zero-order chi connectivity index (χ0) is 12.1. The van der Waals surface area contributed by atoms with Gasteiger partial charge in [-0.2, -0.15) is 0 Å². The number of anilines is 1. The number of hydrogen-bond donors (Lipinski definition) is 2. The Kier molecular flexibility index (Phi) is 4.99. The minimum Gasteiger partial charge on any atom is -0.390 e. The van der Waals surface area contributed by atoms with Crippen LogP contribution in [0.2, 0.25) is 5.02 Å². The summed E-state index contributed by atoms with van der Waals surface area (Å²) in [7, 11) is 3.73. The van der Waals surface area contributed by atoms with Gasteiger partial charge < -0.3 is 15.3 Å². The van der Waals surface area contributed by atoms with Crippen molar-refractivity contribution >= 4 is 17.3 Å². The first-order valence-corrected chi connectivity index (χ1v) is 5.38. The lowest BCUT2D eigenvalue weighted by molar-refractivity contribution is 0.148. The number of aliphatic hydroxyl groups excluding tert-OH is 1. The third kappa shape index (κ3) is 4.35. The Bertz CT molecular complexity index is 347. The van der Waals surface area contributed by atoms with Crippen molar-refractivity contribution in [1.82, 2.24) is 4.90 Å². The smallest absolute Gasteiger partial charge is 0.147 e. The summed E-state index contributed by atoms with van der Waals surface area (Å²) >= 11 is 5.62. The van der Waals surface area contributed by atoms with Crippen molar-refractivity contribution in [3.05, 3.63) is 29.0 Å². The van der Waals surface area contributed by atoms with E-state index in [-0.39, 0.29) is 0 Å². The molecule has 0 spiro atoms. The third-order valence-electron chi connectivity index (χ3n) is 2.04. The predicted molar refractivity (Wildman–Crippen MR) is 64.5 cm³/mol. The molecule has 1 rings (SSSR count). The SMILES string of the molecule is CN(C)CC(O)CNc1ccc(Cl)cc1F. The lowest BCUT2D eigenvalue weighted by Gasteiger charge is -2.17. The lowest BCUT2D eigenvalue weighted by Crippen LogP contribution is -2.31. The average Bonchev–Trinajstić information content (AvgIpc) is 2.15. The van der Waals surface area contributed by atoms with Gasteiger partial charge in [0.2, 0.25) is 0 Å². The van der Waals surface area contributed by atoms with Gasteiger partial charge in [0.15, 0.2) is 0 Å². The molecular weight excluding hydrogens is 231 g/mol. The molecule has 0 aliphatic rings. The van der Waals surface area contributed by atoms with Crippen LogP contribution in [0.1, 0.15) is 0 Å². The first kappa shape index (κ1) is 13.2. The van der Waals surface area contributed by atoms with Gasteiger partial charge in [-0.1, -0.05) is 11.6 Å². The third-order valence-corrected chi connectivity index (χ3v) is 2.27. The zero-order valence-electron chi connectivity index (χ0n) is 9.37. The monoisotopic (exact) mass is 246 g/mol. The molecule has 0 heterocycles. The van der Waals surface area contributed by atoms with Crippen LogP contribution in [-0.4, -0.2) is 43.3 Å². The van der Waals surface area contributed by atoms with Crippen LogP contribution < -0.4 is 5.32 Å². The maximum Gasteiger partial charge on any atom is 0.147 e. The lowest BCUT2D eigenvalue weighted by atomic mass is 10.2. The molecule has 0 fully saturated rings. The molecule has 0 aliphatic carbocycles. The van der Waals surface area contributed by atoms with E-state index < -0.39 is 11.9 Å². The minimum atomic E-state index is -0.537. The van der Waals surface area contributed by atoms with E-state index in [9.17, 15) is 9.50 Å². The molecule has 1 unspecified atom stereocenters. The number of nitrogens with zero attached hydrogens (tertiary/aromatic N) is 1. The van der Waals surface area contributed by atoms with Crippen molar-refractivity contribution in [1.29, 1.82) is 0 Å². The molecule has 1 atom stereocenters. The van der Waals surface area contributed by atoms with Crippen molar-refractivity contribution in [3.63, 3.8) is 0 Å². The highest BCUT2D eigenvalue weighted by Gasteiger charge is 2.07. The highest BCUT2D eigenvalue weighted by atomic mass is 35.5. The molecule has 0 saturated heterocycles. The molecule has 1 aromatic rings. The molecule has 0 saturated carbocycles. The second kappa shape index (κ2) is 6.03. The maximum atomic E-state index is 13.3. The zero-order valence-corrected chi connectivity index (χ0v) is 10.1. The van der Waals surface area contributed by atoms with Gasteiger partial charge in [0.1, 0.15) is 5.82 Å². The van der Waals surface area contributed by atoms with E-state index in [4.69, 9.17) is 11.6 Å². The summed E-state index contributed by atoms with van der Waals surface area (Å²) < 4.78 is 13.3. The predicted octanol–water partition coefficient (Wildman–Crippen LogP) is 1.81. The van der Waals surface area contributed by atoms with Crippen molar-refractivity contribution in [3.8, 4) is 0 Å². The Morgan fingerprint density at radius 3 is 2.75 bits per heavy atom. The summed E-state index contributed by atoms with van der Waals surface area (Å²) in [6.45, 7) is 0.832. The summed E-state index contributed by atoms with van der Waals surface area (Å²) in [5.41, 5.74) is 0.349. The number of aliphatic hydroxyl groups is 1. The Hall–Kier alpha value is -0.840. The highest BCUT2D eigenvalue weighted by molar-refractivity contribution is 6.30. The van der Waals surface area contributed by atoms with Crippen LogP contribution in [0.25, 0.3) is 0 Å². The topological polar surface area (TPSA) is 35.5 Å². The van der Waals surface area contributed by atoms with Crippen molar-refractivity contribution in [2.24, 2.45) is 0 Å². The molecule has 0 aliphatic heterocycles. The second-order valence-electron chi connectivity index (χ2n) is 3.92. The van der Waals surface area contributed by atoms with Gasteiger partial charge in [-0.05, 0) is 32.3 Å². The summed E-state index contributed by atoms with van der Waals surface area (Å²) in [6.07, 6.45) is -0.537. The van der Waals surface area contributed by atoms with E-state index in [2.05, 4.69) is 5.32 Å². The van der Waals surface area contributed by atoms with Crippen LogP contribution in [0.4, 0.5) is 10.1 Å². The normalized spacial score (nSPS) is 12.9. The Morgan fingerprint density at radius 2 is 2.19 bits per heavy atom. The molecule has 0 amide bonds. The van der Waals surface area contributed by atoms with Gasteiger partial charge in [-0.3, -0.25) is 0 Å². The fourth-order valence-electron chi connectivity index (χ4n) is 1.35. The molecule has 16 heavy (non-hydrogen) atoms. The van der Waals surface area contributed by atoms with Gasteiger partial charge in [0, 0.05) is 18.1 Å². The Balaban J connectivity index is 2.48. The van der Waals surface area contributed by atoms with E-state index in [0.29, 0.717) is 23.8 Å². The first-order valence-electron chi connectivity index (χ1n) is 5.00.